The summed E-state index contributed by atoms with van der Waals surface area (Å²) < 4.78 is 31.1. The van der Waals surface area contributed by atoms with Crippen LogP contribution in [-0.2, 0) is 16.4 Å². The average Bonchev–Trinajstić information content (AvgIpc) is 3.24. The summed E-state index contributed by atoms with van der Waals surface area (Å²) in [5.41, 5.74) is 0.974. The lowest BCUT2D eigenvalue weighted by molar-refractivity contribution is 0.0988. The molecule has 2 unspecified atom stereocenters. The van der Waals surface area contributed by atoms with Gasteiger partial charge in [0.2, 0.25) is 0 Å². The smallest absolute Gasteiger partial charge is 0.253 e. The van der Waals surface area contributed by atoms with Crippen molar-refractivity contribution in [2.24, 2.45) is 0 Å². The number of sulfonamides is 1. The van der Waals surface area contributed by atoms with Crippen LogP contribution in [0, 0.1) is 11.3 Å². The molecule has 1 fully saturated rings. The number of hydrogen-bond donors (Lipinski definition) is 3. The van der Waals surface area contributed by atoms with Crippen LogP contribution in [0.5, 0.6) is 5.75 Å². The van der Waals surface area contributed by atoms with E-state index in [1.54, 1.807) is 0 Å². The number of benzene rings is 3. The maximum atomic E-state index is 12.7. The summed E-state index contributed by atoms with van der Waals surface area (Å²) in [6, 6.07) is 21.9. The van der Waals surface area contributed by atoms with Gasteiger partial charge in [-0.25, -0.2) is 13.4 Å². The molecule has 4 rings (SSSR count). The molecule has 3 aromatic rings. The Labute approximate surface area is 229 Å². The third-order valence-corrected chi connectivity index (χ3v) is 8.37. The third kappa shape index (κ3) is 7.23. The molecule has 0 spiro atoms. The van der Waals surface area contributed by atoms with Gasteiger partial charge in [0.15, 0.2) is 0 Å². The minimum Gasteiger partial charge on any atom is -0.491 e. The second-order valence-corrected chi connectivity index (χ2v) is 12.4. The Morgan fingerprint density at radius 2 is 1.87 bits per heavy atom. The maximum Gasteiger partial charge on any atom is 0.253 e. The van der Waals surface area contributed by atoms with Crippen molar-refractivity contribution in [3.8, 4) is 11.8 Å². The molecule has 202 valence electrons. The topological polar surface area (TPSA) is 115 Å². The Bertz CT molecular complexity index is 1390. The number of ether oxygens (including phenoxy) is 1. The minimum absolute atomic E-state index is 0.0391. The molecule has 1 aliphatic rings. The van der Waals surface area contributed by atoms with E-state index in [1.807, 2.05) is 18.2 Å². The molecule has 0 aromatic heterocycles. The van der Waals surface area contributed by atoms with Crippen molar-refractivity contribution < 1.29 is 18.3 Å². The van der Waals surface area contributed by atoms with Crippen LogP contribution in [0.1, 0.15) is 25.8 Å². The van der Waals surface area contributed by atoms with E-state index < -0.39 is 27.5 Å². The van der Waals surface area contributed by atoms with Gasteiger partial charge in [0, 0.05) is 18.6 Å². The van der Waals surface area contributed by atoms with Gasteiger partial charge in [-0.15, -0.1) is 16.4 Å². The lowest BCUT2D eigenvalue weighted by atomic mass is 9.93. The molecule has 3 atom stereocenters. The molecule has 0 aliphatic carbocycles. The first-order valence-electron chi connectivity index (χ1n) is 12.5. The van der Waals surface area contributed by atoms with Crippen LogP contribution in [0.25, 0.3) is 10.8 Å². The van der Waals surface area contributed by atoms with Gasteiger partial charge < -0.3 is 15.2 Å². The highest BCUT2D eigenvalue weighted by atomic mass is 35.5. The monoisotopic (exact) mass is 556 g/mol. The number of nitrogens with one attached hydrogen (secondary N) is 2. The van der Waals surface area contributed by atoms with Crippen molar-refractivity contribution in [3.05, 3.63) is 72.3 Å². The molecule has 3 N–H and O–H groups in total. The summed E-state index contributed by atoms with van der Waals surface area (Å²) in [4.78, 5) is 2.48. The van der Waals surface area contributed by atoms with Gasteiger partial charge in [0.05, 0.1) is 16.3 Å². The number of aliphatic hydroxyl groups excluding tert-OH is 1. The first-order chi connectivity index (χ1) is 18.1. The van der Waals surface area contributed by atoms with E-state index in [4.69, 9.17) is 16.3 Å². The number of fused-ring (bicyclic) bond motifs is 1. The summed E-state index contributed by atoms with van der Waals surface area (Å²) in [5.74, 6) is 0.440. The number of nitriles is 1. The minimum atomic E-state index is -3.87. The molecular weight excluding hydrogens is 524 g/mol. The molecule has 0 saturated carbocycles. The van der Waals surface area contributed by atoms with Gasteiger partial charge in [-0.05, 0) is 67.3 Å². The Hall–Kier alpha value is -2.71. The third-order valence-electron chi connectivity index (χ3n) is 6.55. The fourth-order valence-electron chi connectivity index (χ4n) is 4.50. The summed E-state index contributed by atoms with van der Waals surface area (Å²) in [5, 5.41) is 26.5. The number of aliphatic hydroxyl groups is 1. The molecule has 8 nitrogen and oxygen atoms in total. The predicted molar refractivity (Wildman–Crippen MR) is 148 cm³/mol. The highest BCUT2D eigenvalue weighted by Gasteiger charge is 2.35. The van der Waals surface area contributed by atoms with Crippen molar-refractivity contribution in [2.45, 2.75) is 54.6 Å². The number of rotatable bonds is 11. The van der Waals surface area contributed by atoms with E-state index >= 15 is 0 Å². The molecule has 1 aliphatic heterocycles. The van der Waals surface area contributed by atoms with Crippen LogP contribution >= 0.6 is 11.6 Å². The zero-order chi connectivity index (χ0) is 27.3. The summed E-state index contributed by atoms with van der Waals surface area (Å²) in [6.45, 7) is 4.94. The first kappa shape index (κ1) is 28.3. The fourth-order valence-corrected chi connectivity index (χ4v) is 5.90. The number of β-amino-alcohol motifs (C(OH)–C–C–N with tert-alkyl or cyclic N) is 1. The molecule has 1 saturated heterocycles. The van der Waals surface area contributed by atoms with E-state index in [0.29, 0.717) is 25.3 Å². The van der Waals surface area contributed by atoms with Gasteiger partial charge in [-0.1, -0.05) is 42.5 Å². The maximum absolute atomic E-state index is 12.7. The zero-order valence-electron chi connectivity index (χ0n) is 21.5. The van der Waals surface area contributed by atoms with Crippen molar-refractivity contribution in [3.63, 3.8) is 0 Å². The van der Waals surface area contributed by atoms with Crippen molar-refractivity contribution in [1.29, 1.82) is 5.26 Å². The first-order valence-corrected chi connectivity index (χ1v) is 14.4. The highest BCUT2D eigenvalue weighted by molar-refractivity contribution is 7.89. The largest absolute Gasteiger partial charge is 0.491 e. The number of hydrogen-bond acceptors (Lipinski definition) is 7. The number of hydrazine groups is 1. The molecule has 38 heavy (non-hydrogen) atoms. The average molecular weight is 557 g/mol. The fraction of sp³-hybridized carbons (Fsp3) is 0.393. The van der Waals surface area contributed by atoms with Gasteiger partial charge in [-0.3, -0.25) is 0 Å². The van der Waals surface area contributed by atoms with E-state index in [2.05, 4.69) is 54.3 Å². The van der Waals surface area contributed by atoms with Gasteiger partial charge in [0.25, 0.3) is 10.0 Å². The molecule has 10 heteroatoms. The quantitative estimate of drug-likeness (QED) is 0.309. The molecule has 0 bridgehead atoms. The Kier molecular flexibility index (Phi) is 8.93. The van der Waals surface area contributed by atoms with E-state index in [-0.39, 0.29) is 17.0 Å². The van der Waals surface area contributed by atoms with E-state index in [0.717, 1.165) is 6.42 Å². The van der Waals surface area contributed by atoms with Crippen molar-refractivity contribution in [2.75, 3.05) is 19.7 Å². The Morgan fingerprint density at radius 3 is 2.58 bits per heavy atom. The number of halogens is 1. The lowest BCUT2D eigenvalue weighted by Gasteiger charge is -2.28. The van der Waals surface area contributed by atoms with Gasteiger partial charge in [-0.2, -0.15) is 5.26 Å². The summed E-state index contributed by atoms with van der Waals surface area (Å²) >= 11 is 6.09. The Morgan fingerprint density at radius 1 is 1.16 bits per heavy atom. The lowest BCUT2D eigenvalue weighted by Crippen LogP contribution is -2.46. The molecule has 3 aromatic carbocycles. The molecule has 0 amide bonds. The van der Waals surface area contributed by atoms with E-state index in [9.17, 15) is 18.8 Å². The van der Waals surface area contributed by atoms with Gasteiger partial charge >= 0.3 is 0 Å². The zero-order valence-corrected chi connectivity index (χ0v) is 23.0. The highest BCUT2D eigenvalue weighted by Crippen LogP contribution is 2.23. The second-order valence-electron chi connectivity index (χ2n) is 10.2. The molecule has 1 heterocycles. The standard InChI is InChI=1S/C28H33ClN4O4S/c1-28(2,16-20-7-8-21-5-3-4-6-22(21)15-20)31-18-23(34)19-37-24-9-11-25(12-10-24)38(35,36)32-33-14-13-26(29)27(33)17-30/h3-12,15,23,26-27,31-32,34H,13-14,16,18-19H2,1-2H3/t23-,26?,27?/m1/s1. The summed E-state index contributed by atoms with van der Waals surface area (Å²) in [7, 11) is -3.87. The number of alkyl halides is 1. The predicted octanol–water partition coefficient (Wildman–Crippen LogP) is 3.59. The SMILES string of the molecule is CC(C)(Cc1ccc2ccccc2c1)NC[C@@H](O)COc1ccc(S(=O)(=O)NN2CCC(Cl)C2C#N)cc1. The number of nitrogens with zero attached hydrogens (tertiary/aromatic N) is 2. The van der Waals surface area contributed by atoms with Crippen LogP contribution in [-0.4, -0.2) is 61.3 Å². The Balaban J connectivity index is 1.25. The van der Waals surface area contributed by atoms with Crippen molar-refractivity contribution >= 4 is 32.4 Å². The van der Waals surface area contributed by atoms with Crippen LogP contribution in [0.4, 0.5) is 0 Å². The van der Waals surface area contributed by atoms with E-state index in [1.165, 1.54) is 45.6 Å². The van der Waals surface area contributed by atoms with Crippen LogP contribution in [0.3, 0.4) is 0 Å². The van der Waals surface area contributed by atoms with Crippen LogP contribution < -0.4 is 14.9 Å². The van der Waals surface area contributed by atoms with Gasteiger partial charge in [0.1, 0.15) is 24.5 Å². The van der Waals surface area contributed by atoms with Crippen LogP contribution in [0.2, 0.25) is 0 Å². The summed E-state index contributed by atoms with van der Waals surface area (Å²) in [6.07, 6.45) is 0.568. The molecular formula is C28H33ClN4O4S. The van der Waals surface area contributed by atoms with Crippen molar-refractivity contribution in [1.82, 2.24) is 15.2 Å². The van der Waals surface area contributed by atoms with Crippen LogP contribution in [0.15, 0.2) is 71.6 Å². The normalized spacial score (nSPS) is 19.3. The second kappa shape index (κ2) is 12.0. The molecule has 0 radical (unpaired) electrons.